The van der Waals surface area contributed by atoms with E-state index in [1.54, 1.807) is 18.2 Å². The summed E-state index contributed by atoms with van der Waals surface area (Å²) >= 11 is 0. The van der Waals surface area contributed by atoms with Gasteiger partial charge in [-0.25, -0.2) is 5.43 Å². The number of carbonyl (C=O) groups is 2. The smallest absolute Gasteiger partial charge is 0.259 e. The lowest BCUT2D eigenvalue weighted by molar-refractivity contribution is -0.127. The Bertz CT molecular complexity index is 728. The molecular formula is C19H19N3O3. The summed E-state index contributed by atoms with van der Waals surface area (Å²) in [5.41, 5.74) is 3.36. The van der Waals surface area contributed by atoms with Gasteiger partial charge in [0.05, 0.1) is 6.54 Å². The average molecular weight is 337 g/mol. The maximum atomic E-state index is 11.6. The first-order valence-corrected chi connectivity index (χ1v) is 7.72. The molecule has 0 aliphatic heterocycles. The molecular weight excluding hydrogens is 318 g/mol. The summed E-state index contributed by atoms with van der Waals surface area (Å²) in [6.45, 7) is -0.322. The summed E-state index contributed by atoms with van der Waals surface area (Å²) < 4.78 is 5.27. The number of carbonyl (C=O) groups excluding carboxylic acids is 2. The molecule has 2 rings (SSSR count). The van der Waals surface area contributed by atoms with E-state index in [9.17, 15) is 9.59 Å². The van der Waals surface area contributed by atoms with Gasteiger partial charge in [-0.05, 0) is 23.8 Å². The number of ether oxygens (including phenoxy) is 1. The lowest BCUT2D eigenvalue weighted by atomic mass is 10.2. The third kappa shape index (κ3) is 7.60. The van der Waals surface area contributed by atoms with E-state index in [0.29, 0.717) is 5.75 Å². The van der Waals surface area contributed by atoms with Crippen LogP contribution in [0.25, 0.3) is 6.08 Å². The maximum Gasteiger partial charge on any atom is 0.259 e. The van der Waals surface area contributed by atoms with Crippen molar-refractivity contribution in [3.63, 3.8) is 0 Å². The zero-order chi connectivity index (χ0) is 17.7. The molecule has 0 unspecified atom stereocenters. The Hall–Kier alpha value is -3.41. The van der Waals surface area contributed by atoms with Crippen molar-refractivity contribution < 1.29 is 14.3 Å². The van der Waals surface area contributed by atoms with Gasteiger partial charge in [0.15, 0.2) is 6.61 Å². The molecule has 0 radical (unpaired) electrons. The first kappa shape index (κ1) is 17.9. The highest BCUT2D eigenvalue weighted by Gasteiger charge is 2.05. The molecule has 0 saturated carbocycles. The van der Waals surface area contributed by atoms with Crippen LogP contribution in [-0.4, -0.2) is 31.2 Å². The number of rotatable bonds is 8. The minimum absolute atomic E-state index is 0.152. The third-order valence-electron chi connectivity index (χ3n) is 3.00. The SMILES string of the molecule is O=C(COc1ccccc1)NCC(=O)NN=CC=Cc1ccccc1. The van der Waals surface area contributed by atoms with Crippen LogP contribution in [0.15, 0.2) is 71.8 Å². The zero-order valence-corrected chi connectivity index (χ0v) is 13.6. The molecule has 0 atom stereocenters. The van der Waals surface area contributed by atoms with E-state index in [1.165, 1.54) is 6.21 Å². The quantitative estimate of drug-likeness (QED) is 0.571. The fraction of sp³-hybridized carbons (Fsp3) is 0.105. The van der Waals surface area contributed by atoms with Crippen LogP contribution in [0.1, 0.15) is 5.56 Å². The largest absolute Gasteiger partial charge is 0.484 e. The summed E-state index contributed by atoms with van der Waals surface area (Å²) in [5.74, 6) is -0.207. The first-order chi connectivity index (χ1) is 12.2. The van der Waals surface area contributed by atoms with E-state index in [1.807, 2.05) is 54.6 Å². The molecule has 2 aromatic carbocycles. The standard InChI is InChI=1S/C19H19N3O3/c23-18(22-21-13-7-10-16-8-3-1-4-9-16)14-20-19(24)15-25-17-11-5-2-6-12-17/h1-13H,14-15H2,(H,20,24)(H,22,23). The van der Waals surface area contributed by atoms with E-state index in [2.05, 4.69) is 15.8 Å². The second-order valence-electron chi connectivity index (χ2n) is 4.96. The Morgan fingerprint density at radius 1 is 0.960 bits per heavy atom. The van der Waals surface area contributed by atoms with Gasteiger partial charge in [-0.3, -0.25) is 9.59 Å². The average Bonchev–Trinajstić information content (AvgIpc) is 2.66. The van der Waals surface area contributed by atoms with Crippen LogP contribution in [-0.2, 0) is 9.59 Å². The van der Waals surface area contributed by atoms with Crippen LogP contribution in [0.5, 0.6) is 5.75 Å². The van der Waals surface area contributed by atoms with E-state index < -0.39 is 5.91 Å². The number of benzene rings is 2. The van der Waals surface area contributed by atoms with Crippen molar-refractivity contribution in [3.05, 3.63) is 72.3 Å². The lowest BCUT2D eigenvalue weighted by Gasteiger charge is -2.06. The van der Waals surface area contributed by atoms with Crippen molar-refractivity contribution in [2.45, 2.75) is 0 Å². The number of nitrogens with zero attached hydrogens (tertiary/aromatic N) is 1. The Labute approximate surface area is 146 Å². The molecule has 0 saturated heterocycles. The van der Waals surface area contributed by atoms with Crippen LogP contribution in [0.3, 0.4) is 0 Å². The van der Waals surface area contributed by atoms with Gasteiger partial charge in [0.1, 0.15) is 5.75 Å². The fourth-order valence-corrected chi connectivity index (χ4v) is 1.81. The second-order valence-corrected chi connectivity index (χ2v) is 4.96. The number of para-hydroxylation sites is 1. The van der Waals surface area contributed by atoms with Gasteiger partial charge < -0.3 is 10.1 Å². The molecule has 2 N–H and O–H groups in total. The van der Waals surface area contributed by atoms with Gasteiger partial charge in [-0.1, -0.05) is 54.6 Å². The second kappa shape index (κ2) is 10.4. The van der Waals surface area contributed by atoms with E-state index >= 15 is 0 Å². The third-order valence-corrected chi connectivity index (χ3v) is 3.00. The van der Waals surface area contributed by atoms with Crippen molar-refractivity contribution in [2.24, 2.45) is 5.10 Å². The molecule has 6 heteroatoms. The molecule has 0 fully saturated rings. The molecule has 25 heavy (non-hydrogen) atoms. The van der Waals surface area contributed by atoms with Crippen molar-refractivity contribution in [1.82, 2.24) is 10.7 Å². The van der Waals surface area contributed by atoms with Gasteiger partial charge in [-0.15, -0.1) is 0 Å². The van der Waals surface area contributed by atoms with Crippen molar-refractivity contribution in [3.8, 4) is 5.75 Å². The Kier molecular flexibility index (Phi) is 7.45. The first-order valence-electron chi connectivity index (χ1n) is 7.72. The maximum absolute atomic E-state index is 11.6. The molecule has 0 aliphatic carbocycles. The van der Waals surface area contributed by atoms with Crippen LogP contribution < -0.4 is 15.5 Å². The number of allylic oxidation sites excluding steroid dienone is 1. The Morgan fingerprint density at radius 3 is 2.36 bits per heavy atom. The number of hydrogen-bond acceptors (Lipinski definition) is 4. The molecule has 0 bridgehead atoms. The van der Waals surface area contributed by atoms with Gasteiger partial charge in [0.2, 0.25) is 0 Å². The van der Waals surface area contributed by atoms with Crippen LogP contribution in [0.2, 0.25) is 0 Å². The number of hydrogen-bond donors (Lipinski definition) is 2. The predicted molar refractivity (Wildman–Crippen MR) is 97.1 cm³/mol. The van der Waals surface area contributed by atoms with Gasteiger partial charge >= 0.3 is 0 Å². The normalized spacial score (nSPS) is 10.7. The van der Waals surface area contributed by atoms with Crippen molar-refractivity contribution in [2.75, 3.05) is 13.2 Å². The fourth-order valence-electron chi connectivity index (χ4n) is 1.81. The number of amides is 2. The van der Waals surface area contributed by atoms with Gasteiger partial charge in [0.25, 0.3) is 11.8 Å². The molecule has 0 spiro atoms. The summed E-state index contributed by atoms with van der Waals surface area (Å²) in [6.07, 6.45) is 5.03. The van der Waals surface area contributed by atoms with Crippen LogP contribution in [0, 0.1) is 0 Å². The molecule has 2 amide bonds. The Balaban J connectivity index is 1.61. The minimum Gasteiger partial charge on any atom is -0.484 e. The van der Waals surface area contributed by atoms with Crippen molar-refractivity contribution >= 4 is 24.1 Å². The summed E-state index contributed by atoms with van der Waals surface area (Å²) in [6, 6.07) is 18.7. The van der Waals surface area contributed by atoms with E-state index in [4.69, 9.17) is 4.74 Å². The molecule has 0 aromatic heterocycles. The molecule has 0 aliphatic rings. The number of hydrazone groups is 1. The zero-order valence-electron chi connectivity index (χ0n) is 13.6. The topological polar surface area (TPSA) is 79.8 Å². The molecule has 128 valence electrons. The van der Waals surface area contributed by atoms with Gasteiger partial charge in [0, 0.05) is 6.21 Å². The van der Waals surface area contributed by atoms with Crippen LogP contribution >= 0.6 is 0 Å². The van der Waals surface area contributed by atoms with Gasteiger partial charge in [-0.2, -0.15) is 5.10 Å². The molecule has 0 heterocycles. The monoisotopic (exact) mass is 337 g/mol. The van der Waals surface area contributed by atoms with Crippen LogP contribution in [0.4, 0.5) is 0 Å². The number of nitrogens with one attached hydrogen (secondary N) is 2. The summed E-state index contributed by atoms with van der Waals surface area (Å²) in [4.78, 5) is 23.1. The highest BCUT2D eigenvalue weighted by atomic mass is 16.5. The van der Waals surface area contributed by atoms with Crippen molar-refractivity contribution in [1.29, 1.82) is 0 Å². The molecule has 2 aromatic rings. The minimum atomic E-state index is -0.419. The highest BCUT2D eigenvalue weighted by Crippen LogP contribution is 2.07. The summed E-state index contributed by atoms with van der Waals surface area (Å²) in [5, 5.41) is 6.22. The Morgan fingerprint density at radius 2 is 1.64 bits per heavy atom. The lowest BCUT2D eigenvalue weighted by Crippen LogP contribution is -2.37. The highest BCUT2D eigenvalue weighted by molar-refractivity contribution is 5.86. The van der Waals surface area contributed by atoms with E-state index in [0.717, 1.165) is 5.56 Å². The van der Waals surface area contributed by atoms with E-state index in [-0.39, 0.29) is 19.1 Å². The predicted octanol–water partition coefficient (Wildman–Crippen LogP) is 2.00. The molecule has 6 nitrogen and oxygen atoms in total. The summed E-state index contributed by atoms with van der Waals surface area (Å²) in [7, 11) is 0.